The van der Waals surface area contributed by atoms with Crippen LogP contribution in [0.3, 0.4) is 0 Å². The summed E-state index contributed by atoms with van der Waals surface area (Å²) < 4.78 is 0. The number of carbonyl (C=O) groups is 2. The second-order valence-corrected chi connectivity index (χ2v) is 7.92. The van der Waals surface area contributed by atoms with Crippen LogP contribution < -0.4 is 5.32 Å². The SMILES string of the molecule is CC1=NN(CCCO)C2NC3C(C(=O)N(Cc4ccccc4C)C(=O)N3C)N2C1. The lowest BCUT2D eigenvalue weighted by molar-refractivity contribution is -0.139. The molecular weight excluding hydrogens is 372 g/mol. The van der Waals surface area contributed by atoms with Gasteiger partial charge in [0.05, 0.1) is 6.54 Å². The maximum atomic E-state index is 13.5. The standard InChI is InChI=1S/C20H28N6O3/c1-13-7-4-5-8-15(13)12-25-18(28)16-17(23(3)20(25)29)21-19-24(16)11-14(2)22-26(19)9-6-10-27/h4-5,7-8,16-17,19,21,27H,6,9-12H2,1-3H3. The van der Waals surface area contributed by atoms with Crippen LogP contribution in [-0.4, -0.2) is 87.7 Å². The quantitative estimate of drug-likeness (QED) is 0.741. The van der Waals surface area contributed by atoms with E-state index in [9.17, 15) is 14.7 Å². The van der Waals surface area contributed by atoms with E-state index in [0.717, 1.165) is 16.8 Å². The maximum Gasteiger partial charge on any atom is 0.328 e. The number of aliphatic hydroxyl groups excluding tert-OH is 1. The maximum absolute atomic E-state index is 13.5. The van der Waals surface area contributed by atoms with Gasteiger partial charge in [0.2, 0.25) is 0 Å². The first-order valence-corrected chi connectivity index (χ1v) is 9.98. The molecule has 156 valence electrons. The Hall–Kier alpha value is -2.49. The van der Waals surface area contributed by atoms with E-state index in [4.69, 9.17) is 0 Å². The molecule has 0 spiro atoms. The van der Waals surface area contributed by atoms with Crippen molar-refractivity contribution in [3.05, 3.63) is 35.4 Å². The number of nitrogens with zero attached hydrogens (tertiary/aromatic N) is 5. The summed E-state index contributed by atoms with van der Waals surface area (Å²) in [6.45, 7) is 5.38. The first-order valence-electron chi connectivity index (χ1n) is 9.98. The molecule has 9 nitrogen and oxygen atoms in total. The second-order valence-electron chi connectivity index (χ2n) is 7.92. The summed E-state index contributed by atoms with van der Waals surface area (Å²) >= 11 is 0. The number of urea groups is 1. The smallest absolute Gasteiger partial charge is 0.328 e. The Balaban J connectivity index is 1.62. The Morgan fingerprint density at radius 3 is 2.72 bits per heavy atom. The molecule has 0 saturated carbocycles. The molecule has 3 heterocycles. The Bertz CT molecular complexity index is 843. The van der Waals surface area contributed by atoms with Gasteiger partial charge in [0.1, 0.15) is 12.2 Å². The van der Waals surface area contributed by atoms with Crippen molar-refractivity contribution < 1.29 is 14.7 Å². The van der Waals surface area contributed by atoms with Gasteiger partial charge in [0.25, 0.3) is 5.91 Å². The number of likely N-dealkylation sites (N-methyl/N-ethyl adjacent to an activating group) is 1. The molecule has 3 amide bonds. The Labute approximate surface area is 170 Å². The highest BCUT2D eigenvalue weighted by molar-refractivity contribution is 6.01. The van der Waals surface area contributed by atoms with Crippen molar-refractivity contribution in [1.29, 1.82) is 0 Å². The van der Waals surface area contributed by atoms with Crippen molar-refractivity contribution in [2.24, 2.45) is 5.10 Å². The summed E-state index contributed by atoms with van der Waals surface area (Å²) in [7, 11) is 1.73. The van der Waals surface area contributed by atoms with Gasteiger partial charge in [-0.1, -0.05) is 24.3 Å². The number of benzene rings is 1. The molecule has 3 aliphatic rings. The molecule has 4 rings (SSSR count). The van der Waals surface area contributed by atoms with Crippen LogP contribution in [0.1, 0.15) is 24.5 Å². The monoisotopic (exact) mass is 400 g/mol. The highest BCUT2D eigenvalue weighted by atomic mass is 16.3. The molecule has 0 aliphatic carbocycles. The molecule has 3 unspecified atom stereocenters. The summed E-state index contributed by atoms with van der Waals surface area (Å²) in [6.07, 6.45) is -0.107. The van der Waals surface area contributed by atoms with Gasteiger partial charge in [0, 0.05) is 32.5 Å². The number of amides is 3. The van der Waals surface area contributed by atoms with Gasteiger partial charge in [-0.2, -0.15) is 5.10 Å². The lowest BCUT2D eigenvalue weighted by atomic mass is 10.1. The van der Waals surface area contributed by atoms with E-state index >= 15 is 0 Å². The summed E-state index contributed by atoms with van der Waals surface area (Å²) in [5, 5.41) is 19.1. The highest BCUT2D eigenvalue weighted by Gasteiger charge is 2.56. The third kappa shape index (κ3) is 3.39. The van der Waals surface area contributed by atoms with E-state index < -0.39 is 12.2 Å². The molecule has 2 saturated heterocycles. The lowest BCUT2D eigenvalue weighted by Crippen LogP contribution is -2.66. The van der Waals surface area contributed by atoms with Gasteiger partial charge in [0.15, 0.2) is 6.29 Å². The van der Waals surface area contributed by atoms with E-state index in [1.165, 1.54) is 4.90 Å². The van der Waals surface area contributed by atoms with Crippen LogP contribution in [0.2, 0.25) is 0 Å². The third-order valence-corrected chi connectivity index (χ3v) is 5.89. The number of fused-ring (bicyclic) bond motifs is 3. The minimum Gasteiger partial charge on any atom is -0.396 e. The fraction of sp³-hybridized carbons (Fsp3) is 0.550. The van der Waals surface area contributed by atoms with Crippen molar-refractivity contribution in [3.8, 4) is 0 Å². The van der Waals surface area contributed by atoms with Crippen molar-refractivity contribution in [2.45, 2.75) is 45.3 Å². The van der Waals surface area contributed by atoms with Gasteiger partial charge >= 0.3 is 6.03 Å². The van der Waals surface area contributed by atoms with Gasteiger partial charge in [-0.15, -0.1) is 0 Å². The van der Waals surface area contributed by atoms with Crippen LogP contribution in [0.4, 0.5) is 4.79 Å². The predicted octanol–water partition coefficient (Wildman–Crippen LogP) is 0.346. The number of hydrogen-bond acceptors (Lipinski definition) is 7. The number of nitrogens with one attached hydrogen (secondary N) is 1. The van der Waals surface area contributed by atoms with Crippen LogP contribution >= 0.6 is 0 Å². The van der Waals surface area contributed by atoms with Crippen LogP contribution in [0.5, 0.6) is 0 Å². The fourth-order valence-corrected chi connectivity index (χ4v) is 4.36. The van der Waals surface area contributed by atoms with Crippen LogP contribution in [0.25, 0.3) is 0 Å². The van der Waals surface area contributed by atoms with E-state index in [0.29, 0.717) is 19.5 Å². The van der Waals surface area contributed by atoms with E-state index in [1.807, 2.05) is 43.1 Å². The van der Waals surface area contributed by atoms with Gasteiger partial charge in [-0.25, -0.2) is 9.69 Å². The highest BCUT2D eigenvalue weighted by Crippen LogP contribution is 2.31. The molecule has 1 aromatic rings. The number of aryl methyl sites for hydroxylation is 1. The molecule has 0 bridgehead atoms. The third-order valence-electron chi connectivity index (χ3n) is 5.89. The van der Waals surface area contributed by atoms with Gasteiger partial charge in [-0.3, -0.25) is 20.0 Å². The number of carbonyl (C=O) groups excluding carboxylic acids is 2. The predicted molar refractivity (Wildman–Crippen MR) is 108 cm³/mol. The number of rotatable bonds is 5. The number of hydrazone groups is 1. The average molecular weight is 400 g/mol. The fourth-order valence-electron chi connectivity index (χ4n) is 4.36. The zero-order valence-electron chi connectivity index (χ0n) is 17.1. The molecule has 0 aromatic heterocycles. The molecule has 9 heteroatoms. The van der Waals surface area contributed by atoms with Gasteiger partial charge in [-0.05, 0) is 31.4 Å². The number of aliphatic hydroxyl groups is 1. The topological polar surface area (TPSA) is 91.7 Å². The molecule has 2 N–H and O–H groups in total. The van der Waals surface area contributed by atoms with Crippen LogP contribution in [-0.2, 0) is 11.3 Å². The summed E-state index contributed by atoms with van der Waals surface area (Å²) in [5.41, 5.74) is 2.92. The Morgan fingerprint density at radius 1 is 1.24 bits per heavy atom. The second kappa shape index (κ2) is 7.74. The molecule has 29 heavy (non-hydrogen) atoms. The normalized spacial score (nSPS) is 27.2. The molecule has 0 radical (unpaired) electrons. The zero-order valence-corrected chi connectivity index (χ0v) is 17.1. The van der Waals surface area contributed by atoms with Crippen molar-refractivity contribution >= 4 is 17.6 Å². The average Bonchev–Trinajstić information content (AvgIpc) is 3.08. The van der Waals surface area contributed by atoms with Gasteiger partial charge < -0.3 is 10.0 Å². The molecular formula is C20H28N6O3. The Morgan fingerprint density at radius 2 is 2.00 bits per heavy atom. The summed E-state index contributed by atoms with van der Waals surface area (Å²) in [4.78, 5) is 31.5. The first-order chi connectivity index (χ1) is 13.9. The number of hydrogen-bond donors (Lipinski definition) is 2. The van der Waals surface area contributed by atoms with E-state index in [2.05, 4.69) is 15.3 Å². The summed E-state index contributed by atoms with van der Waals surface area (Å²) in [5.74, 6) is -0.187. The summed E-state index contributed by atoms with van der Waals surface area (Å²) in [6, 6.07) is 7.02. The lowest BCUT2D eigenvalue weighted by Gasteiger charge is -2.42. The van der Waals surface area contributed by atoms with Crippen molar-refractivity contribution in [2.75, 3.05) is 26.7 Å². The molecule has 3 atom stereocenters. The number of imide groups is 1. The molecule has 1 aromatic carbocycles. The molecule has 3 aliphatic heterocycles. The van der Waals surface area contributed by atoms with Crippen LogP contribution in [0.15, 0.2) is 29.4 Å². The van der Waals surface area contributed by atoms with Crippen molar-refractivity contribution in [1.82, 2.24) is 25.0 Å². The minimum absolute atomic E-state index is 0.0756. The minimum atomic E-state index is -0.478. The first kappa shape index (κ1) is 19.8. The molecule has 2 fully saturated rings. The van der Waals surface area contributed by atoms with Crippen LogP contribution in [0, 0.1) is 6.92 Å². The van der Waals surface area contributed by atoms with Crippen molar-refractivity contribution in [3.63, 3.8) is 0 Å². The Kier molecular flexibility index (Phi) is 5.28. The zero-order chi connectivity index (χ0) is 20.7. The van der Waals surface area contributed by atoms with E-state index in [1.54, 1.807) is 11.9 Å². The largest absolute Gasteiger partial charge is 0.396 e. The van der Waals surface area contributed by atoms with E-state index in [-0.39, 0.29) is 31.4 Å².